The van der Waals surface area contributed by atoms with Crippen LogP contribution in [0.4, 0.5) is 10.1 Å². The predicted octanol–water partition coefficient (Wildman–Crippen LogP) is 3.32. The lowest BCUT2D eigenvalue weighted by molar-refractivity contribution is -0.140. The van der Waals surface area contributed by atoms with E-state index >= 15 is 0 Å². The van der Waals surface area contributed by atoms with Gasteiger partial charge in [0, 0.05) is 12.6 Å². The van der Waals surface area contributed by atoms with E-state index in [9.17, 15) is 22.4 Å². The quantitative estimate of drug-likeness (QED) is 0.476. The van der Waals surface area contributed by atoms with Gasteiger partial charge in [0.1, 0.15) is 24.2 Å². The Bertz CT molecular complexity index is 1090. The van der Waals surface area contributed by atoms with E-state index in [2.05, 4.69) is 5.32 Å². The van der Waals surface area contributed by atoms with Crippen molar-refractivity contribution in [1.29, 1.82) is 0 Å². The van der Waals surface area contributed by atoms with Crippen LogP contribution in [0.2, 0.25) is 0 Å². The molecule has 10 heteroatoms. The number of anilines is 1. The van der Waals surface area contributed by atoms with E-state index in [1.807, 2.05) is 13.8 Å². The third-order valence-electron chi connectivity index (χ3n) is 5.69. The number of methoxy groups -OCH3 is 1. The van der Waals surface area contributed by atoms with Crippen molar-refractivity contribution in [2.75, 3.05) is 24.2 Å². The van der Waals surface area contributed by atoms with E-state index in [1.165, 1.54) is 17.0 Å². The monoisotopic (exact) mass is 507 g/mol. The molecular weight excluding hydrogens is 473 g/mol. The van der Waals surface area contributed by atoms with Gasteiger partial charge < -0.3 is 15.0 Å². The number of sulfonamides is 1. The average Bonchev–Trinajstić information content (AvgIpc) is 2.82. The third kappa shape index (κ3) is 7.95. The molecule has 0 aliphatic carbocycles. The number of rotatable bonds is 12. The van der Waals surface area contributed by atoms with Crippen LogP contribution in [-0.4, -0.2) is 57.1 Å². The van der Waals surface area contributed by atoms with Crippen LogP contribution in [-0.2, 0) is 26.2 Å². The number of hydrogen-bond acceptors (Lipinski definition) is 5. The first-order valence-electron chi connectivity index (χ1n) is 11.5. The zero-order valence-corrected chi connectivity index (χ0v) is 21.6. The van der Waals surface area contributed by atoms with Gasteiger partial charge in [0.15, 0.2) is 0 Å². The van der Waals surface area contributed by atoms with E-state index < -0.39 is 34.3 Å². The second kappa shape index (κ2) is 12.5. The second-order valence-corrected chi connectivity index (χ2v) is 10.3. The number of carbonyl (C=O) groups is 2. The van der Waals surface area contributed by atoms with Crippen molar-refractivity contribution in [2.24, 2.45) is 0 Å². The van der Waals surface area contributed by atoms with Crippen molar-refractivity contribution in [1.82, 2.24) is 10.2 Å². The number of nitrogens with zero attached hydrogens (tertiary/aromatic N) is 2. The minimum Gasteiger partial charge on any atom is -0.497 e. The van der Waals surface area contributed by atoms with Crippen LogP contribution in [0.25, 0.3) is 0 Å². The molecule has 35 heavy (non-hydrogen) atoms. The van der Waals surface area contributed by atoms with Gasteiger partial charge in [-0.25, -0.2) is 12.8 Å². The Morgan fingerprint density at radius 2 is 1.63 bits per heavy atom. The van der Waals surface area contributed by atoms with E-state index in [-0.39, 0.29) is 24.2 Å². The minimum absolute atomic E-state index is 0.0822. The first-order valence-corrected chi connectivity index (χ1v) is 13.3. The molecule has 0 bridgehead atoms. The molecule has 2 aromatic carbocycles. The lowest BCUT2D eigenvalue weighted by atomic mass is 10.1. The van der Waals surface area contributed by atoms with Crippen molar-refractivity contribution >= 4 is 27.5 Å². The average molecular weight is 508 g/mol. The molecule has 2 rings (SSSR count). The molecule has 0 aromatic heterocycles. The molecule has 0 fully saturated rings. The second-order valence-electron chi connectivity index (χ2n) is 8.36. The smallest absolute Gasteiger partial charge is 0.244 e. The zero-order chi connectivity index (χ0) is 26.2. The molecule has 0 saturated heterocycles. The van der Waals surface area contributed by atoms with Gasteiger partial charge in [-0.1, -0.05) is 26.0 Å². The molecule has 0 unspecified atom stereocenters. The predicted molar refractivity (Wildman–Crippen MR) is 134 cm³/mol. The number of hydrogen-bond donors (Lipinski definition) is 1. The summed E-state index contributed by atoms with van der Waals surface area (Å²) in [6.07, 6.45) is 2.03. The van der Waals surface area contributed by atoms with Crippen molar-refractivity contribution in [2.45, 2.75) is 52.2 Å². The summed E-state index contributed by atoms with van der Waals surface area (Å²) >= 11 is 0. The normalized spacial score (nSPS) is 13.0. The first-order chi connectivity index (χ1) is 16.5. The molecule has 0 saturated carbocycles. The van der Waals surface area contributed by atoms with Crippen molar-refractivity contribution < 1.29 is 27.1 Å². The maximum atomic E-state index is 13.6. The van der Waals surface area contributed by atoms with Crippen LogP contribution in [0.15, 0.2) is 48.5 Å². The maximum absolute atomic E-state index is 13.6. The van der Waals surface area contributed by atoms with Gasteiger partial charge in [-0.3, -0.25) is 13.9 Å². The Hall–Kier alpha value is -3.14. The molecule has 2 atom stereocenters. The molecule has 0 spiro atoms. The molecule has 1 N–H and O–H groups in total. The van der Waals surface area contributed by atoms with Crippen molar-refractivity contribution in [3.05, 3.63) is 59.9 Å². The Balaban J connectivity index is 2.42. The van der Waals surface area contributed by atoms with Gasteiger partial charge in [0.2, 0.25) is 21.8 Å². The van der Waals surface area contributed by atoms with Crippen LogP contribution in [0.5, 0.6) is 5.75 Å². The highest BCUT2D eigenvalue weighted by atomic mass is 32.2. The Kier molecular flexibility index (Phi) is 10.1. The molecule has 0 radical (unpaired) electrons. The SMILES string of the molecule is CC[C@@H](C)NC(=O)[C@H](CC)N(Cc1ccc(OC)cc1)C(=O)CN(c1ccc(F)cc1)S(C)(=O)=O. The van der Waals surface area contributed by atoms with Crippen molar-refractivity contribution in [3.8, 4) is 5.75 Å². The van der Waals surface area contributed by atoms with E-state index in [0.29, 0.717) is 12.2 Å². The summed E-state index contributed by atoms with van der Waals surface area (Å²) in [6.45, 7) is 5.17. The van der Waals surface area contributed by atoms with Crippen molar-refractivity contribution in [3.63, 3.8) is 0 Å². The van der Waals surface area contributed by atoms with Gasteiger partial charge in [0.25, 0.3) is 0 Å². The fraction of sp³-hybridized carbons (Fsp3) is 0.440. The highest BCUT2D eigenvalue weighted by Gasteiger charge is 2.32. The summed E-state index contributed by atoms with van der Waals surface area (Å²) in [5.74, 6) is -0.742. The zero-order valence-electron chi connectivity index (χ0n) is 20.8. The Morgan fingerprint density at radius 1 is 1.03 bits per heavy atom. The van der Waals surface area contributed by atoms with Crippen LogP contribution in [0.1, 0.15) is 39.2 Å². The summed E-state index contributed by atoms with van der Waals surface area (Å²) < 4.78 is 44.6. The fourth-order valence-corrected chi connectivity index (χ4v) is 4.36. The summed E-state index contributed by atoms with van der Waals surface area (Å²) in [5, 5.41) is 2.92. The van der Waals surface area contributed by atoms with Gasteiger partial charge in [-0.05, 0) is 61.7 Å². The molecule has 0 aliphatic heterocycles. The number of ether oxygens (including phenoxy) is 1. The summed E-state index contributed by atoms with van der Waals surface area (Å²) in [6, 6.07) is 11.0. The number of benzene rings is 2. The lowest BCUT2D eigenvalue weighted by Crippen LogP contribution is -2.53. The van der Waals surface area contributed by atoms with E-state index in [1.54, 1.807) is 38.3 Å². The standard InChI is InChI=1S/C25H34FN3O5S/c1-6-18(3)27-25(31)23(7-2)28(16-19-8-14-22(34-4)15-9-19)24(30)17-29(35(5,32)33)21-12-10-20(26)11-13-21/h8-15,18,23H,6-7,16-17H2,1-5H3,(H,27,31)/t18-,23+/m1/s1. The van der Waals surface area contributed by atoms with Gasteiger partial charge in [-0.15, -0.1) is 0 Å². The highest BCUT2D eigenvalue weighted by Crippen LogP contribution is 2.21. The highest BCUT2D eigenvalue weighted by molar-refractivity contribution is 7.92. The van der Waals surface area contributed by atoms with Crippen LogP contribution in [0.3, 0.4) is 0 Å². The lowest BCUT2D eigenvalue weighted by Gasteiger charge is -2.33. The topological polar surface area (TPSA) is 96.0 Å². The summed E-state index contributed by atoms with van der Waals surface area (Å²) in [7, 11) is -2.32. The molecule has 192 valence electrons. The van der Waals surface area contributed by atoms with Crippen LogP contribution >= 0.6 is 0 Å². The maximum Gasteiger partial charge on any atom is 0.244 e. The molecule has 2 amide bonds. The molecule has 8 nitrogen and oxygen atoms in total. The molecule has 0 heterocycles. The summed E-state index contributed by atoms with van der Waals surface area (Å²) in [4.78, 5) is 28.0. The number of carbonyl (C=O) groups excluding carboxylic acids is 2. The molecule has 0 aliphatic rings. The van der Waals surface area contributed by atoms with E-state index in [4.69, 9.17) is 4.74 Å². The van der Waals surface area contributed by atoms with Crippen LogP contribution in [0, 0.1) is 5.82 Å². The Labute approximate surface area is 207 Å². The van der Waals surface area contributed by atoms with E-state index in [0.717, 1.165) is 34.7 Å². The van der Waals surface area contributed by atoms with Gasteiger partial charge in [0.05, 0.1) is 19.1 Å². The Morgan fingerprint density at radius 3 is 2.11 bits per heavy atom. The molecule has 2 aromatic rings. The molecular formula is C25H34FN3O5S. The van der Waals surface area contributed by atoms with Gasteiger partial charge in [-0.2, -0.15) is 0 Å². The number of halogens is 1. The van der Waals surface area contributed by atoms with Gasteiger partial charge >= 0.3 is 0 Å². The summed E-state index contributed by atoms with van der Waals surface area (Å²) in [5.41, 5.74) is 0.908. The minimum atomic E-state index is -3.87. The number of amides is 2. The largest absolute Gasteiger partial charge is 0.497 e. The third-order valence-corrected chi connectivity index (χ3v) is 6.83. The van der Waals surface area contributed by atoms with Crippen LogP contribution < -0.4 is 14.4 Å². The first kappa shape index (κ1) is 28.1. The fourth-order valence-electron chi connectivity index (χ4n) is 3.51. The number of nitrogens with one attached hydrogen (secondary N) is 1.